The molecule has 1 aliphatic carbocycles. The third kappa shape index (κ3) is 2.21. The van der Waals surface area contributed by atoms with Gasteiger partial charge in [0, 0.05) is 36.8 Å². The highest BCUT2D eigenvalue weighted by Gasteiger charge is 2.46. The van der Waals surface area contributed by atoms with Crippen LogP contribution in [-0.4, -0.2) is 48.3 Å². The summed E-state index contributed by atoms with van der Waals surface area (Å²) >= 11 is 0. The highest BCUT2D eigenvalue weighted by molar-refractivity contribution is 5.04. The van der Waals surface area contributed by atoms with E-state index < -0.39 is 0 Å². The van der Waals surface area contributed by atoms with E-state index in [1.807, 2.05) is 0 Å². The van der Waals surface area contributed by atoms with E-state index >= 15 is 0 Å². The van der Waals surface area contributed by atoms with Gasteiger partial charge in [-0.15, -0.1) is 0 Å². The fourth-order valence-electron chi connectivity index (χ4n) is 4.18. The molecule has 104 valence electrons. The normalized spacial score (nSPS) is 41.3. The Bertz CT molecular complexity index is 293. The smallest absolute Gasteiger partial charge is 0.0648 e. The molecule has 0 aromatic heterocycles. The van der Waals surface area contributed by atoms with Crippen molar-refractivity contribution in [2.24, 2.45) is 0 Å². The van der Waals surface area contributed by atoms with Gasteiger partial charge in [-0.05, 0) is 33.1 Å². The van der Waals surface area contributed by atoms with Crippen LogP contribution in [0.5, 0.6) is 0 Å². The van der Waals surface area contributed by atoms with Crippen LogP contribution >= 0.6 is 0 Å². The molecule has 1 N–H and O–H groups in total. The van der Waals surface area contributed by atoms with Gasteiger partial charge in [-0.25, -0.2) is 0 Å². The van der Waals surface area contributed by atoms with E-state index in [-0.39, 0.29) is 5.54 Å². The van der Waals surface area contributed by atoms with Gasteiger partial charge in [-0.2, -0.15) is 0 Å². The number of rotatable bonds is 1. The molecule has 2 saturated heterocycles. The summed E-state index contributed by atoms with van der Waals surface area (Å²) in [5.74, 6) is 0. The Labute approximate surface area is 111 Å². The van der Waals surface area contributed by atoms with Gasteiger partial charge in [0.15, 0.2) is 0 Å². The third-order valence-corrected chi connectivity index (χ3v) is 5.48. The Morgan fingerprint density at radius 1 is 1.17 bits per heavy atom. The highest BCUT2D eigenvalue weighted by atomic mass is 16.5. The first-order valence-corrected chi connectivity index (χ1v) is 7.73. The topological polar surface area (TPSA) is 24.5 Å². The molecule has 0 aromatic rings. The van der Waals surface area contributed by atoms with Gasteiger partial charge in [-0.1, -0.05) is 19.3 Å². The minimum atomic E-state index is 0.284. The first-order valence-electron chi connectivity index (χ1n) is 7.73. The fraction of sp³-hybridized carbons (Fsp3) is 1.00. The molecular formula is C15H28N2O. The lowest BCUT2D eigenvalue weighted by molar-refractivity contribution is -0.0179. The van der Waals surface area contributed by atoms with Crippen LogP contribution < -0.4 is 5.32 Å². The SMILES string of the molecule is CC1CNC2(CCCCC2)CN1C1(C)CCOC1. The van der Waals surface area contributed by atoms with Crippen molar-refractivity contribution in [3.63, 3.8) is 0 Å². The lowest BCUT2D eigenvalue weighted by Crippen LogP contribution is -2.68. The first kappa shape index (κ1) is 12.9. The summed E-state index contributed by atoms with van der Waals surface area (Å²) in [6.45, 7) is 9.02. The van der Waals surface area contributed by atoms with Gasteiger partial charge < -0.3 is 10.1 Å². The van der Waals surface area contributed by atoms with Crippen molar-refractivity contribution in [3.8, 4) is 0 Å². The standard InChI is InChI=1S/C15H28N2O/c1-13-10-16-15(6-4-3-5-7-15)11-17(13)14(2)8-9-18-12-14/h13,16H,3-12H2,1-2H3. The Morgan fingerprint density at radius 2 is 1.94 bits per heavy atom. The van der Waals surface area contributed by atoms with Crippen molar-refractivity contribution in [3.05, 3.63) is 0 Å². The fourth-order valence-corrected chi connectivity index (χ4v) is 4.18. The molecule has 3 fully saturated rings. The van der Waals surface area contributed by atoms with Crippen molar-refractivity contribution >= 4 is 0 Å². The summed E-state index contributed by atoms with van der Waals surface area (Å²) in [7, 11) is 0. The van der Waals surface area contributed by atoms with E-state index in [1.54, 1.807) is 0 Å². The monoisotopic (exact) mass is 252 g/mol. The van der Waals surface area contributed by atoms with Crippen LogP contribution in [0.2, 0.25) is 0 Å². The number of nitrogens with one attached hydrogen (secondary N) is 1. The molecule has 2 heterocycles. The van der Waals surface area contributed by atoms with Gasteiger partial charge in [0.1, 0.15) is 0 Å². The van der Waals surface area contributed by atoms with E-state index in [4.69, 9.17) is 4.74 Å². The Kier molecular flexibility index (Phi) is 3.41. The molecule has 1 saturated carbocycles. The van der Waals surface area contributed by atoms with Crippen molar-refractivity contribution in [2.75, 3.05) is 26.3 Å². The average Bonchev–Trinajstić information content (AvgIpc) is 2.82. The first-order chi connectivity index (χ1) is 8.64. The Hall–Kier alpha value is -0.120. The second-order valence-electron chi connectivity index (χ2n) is 7.00. The van der Waals surface area contributed by atoms with Crippen molar-refractivity contribution in [1.29, 1.82) is 0 Å². The van der Waals surface area contributed by atoms with Gasteiger partial charge >= 0.3 is 0 Å². The molecule has 3 nitrogen and oxygen atoms in total. The van der Waals surface area contributed by atoms with Crippen LogP contribution in [0.1, 0.15) is 52.4 Å². The summed E-state index contributed by atoms with van der Waals surface area (Å²) in [6, 6.07) is 0.643. The van der Waals surface area contributed by atoms with E-state index in [9.17, 15) is 0 Å². The van der Waals surface area contributed by atoms with Crippen LogP contribution in [0.3, 0.4) is 0 Å². The zero-order valence-electron chi connectivity index (χ0n) is 12.0. The zero-order chi connectivity index (χ0) is 12.6. The molecule has 3 heteroatoms. The molecule has 0 radical (unpaired) electrons. The number of piperazine rings is 1. The maximum Gasteiger partial charge on any atom is 0.0648 e. The van der Waals surface area contributed by atoms with Crippen LogP contribution in [0.4, 0.5) is 0 Å². The second-order valence-corrected chi connectivity index (χ2v) is 7.00. The van der Waals surface area contributed by atoms with Gasteiger partial charge in [0.25, 0.3) is 0 Å². The number of hydrogen-bond donors (Lipinski definition) is 1. The Morgan fingerprint density at radius 3 is 2.61 bits per heavy atom. The number of hydrogen-bond acceptors (Lipinski definition) is 3. The molecule has 0 amide bonds. The molecule has 2 unspecified atom stereocenters. The van der Waals surface area contributed by atoms with E-state index in [0.717, 1.165) is 19.8 Å². The summed E-state index contributed by atoms with van der Waals surface area (Å²) in [4.78, 5) is 2.75. The van der Waals surface area contributed by atoms with Crippen LogP contribution in [-0.2, 0) is 4.74 Å². The van der Waals surface area contributed by atoms with Gasteiger partial charge in [-0.3, -0.25) is 4.90 Å². The highest BCUT2D eigenvalue weighted by Crippen LogP contribution is 2.36. The van der Waals surface area contributed by atoms with Crippen molar-refractivity contribution in [1.82, 2.24) is 10.2 Å². The summed E-state index contributed by atoms with van der Waals surface area (Å²) < 4.78 is 5.68. The molecular weight excluding hydrogens is 224 g/mol. The molecule has 2 atom stereocenters. The summed E-state index contributed by atoms with van der Waals surface area (Å²) in [5.41, 5.74) is 0.697. The lowest BCUT2D eigenvalue weighted by Gasteiger charge is -2.53. The lowest BCUT2D eigenvalue weighted by atomic mass is 9.78. The van der Waals surface area contributed by atoms with Gasteiger partial charge in [0.05, 0.1) is 6.61 Å². The minimum Gasteiger partial charge on any atom is -0.379 e. The van der Waals surface area contributed by atoms with Crippen molar-refractivity contribution < 1.29 is 4.74 Å². The number of ether oxygens (including phenoxy) is 1. The van der Waals surface area contributed by atoms with Crippen LogP contribution in [0.15, 0.2) is 0 Å². The van der Waals surface area contributed by atoms with Gasteiger partial charge in [0.2, 0.25) is 0 Å². The minimum absolute atomic E-state index is 0.284. The maximum atomic E-state index is 5.68. The van der Waals surface area contributed by atoms with Crippen LogP contribution in [0.25, 0.3) is 0 Å². The maximum absolute atomic E-state index is 5.68. The quantitative estimate of drug-likeness (QED) is 0.774. The van der Waals surface area contributed by atoms with E-state index in [2.05, 4.69) is 24.1 Å². The van der Waals surface area contributed by atoms with E-state index in [0.29, 0.717) is 11.6 Å². The molecule has 1 spiro atoms. The molecule has 3 rings (SSSR count). The predicted octanol–water partition coefficient (Wildman–Crippen LogP) is 2.16. The third-order valence-electron chi connectivity index (χ3n) is 5.48. The zero-order valence-corrected chi connectivity index (χ0v) is 12.0. The average molecular weight is 252 g/mol. The summed E-state index contributed by atoms with van der Waals surface area (Å²) in [5, 5.41) is 3.87. The molecule has 3 aliphatic rings. The van der Waals surface area contributed by atoms with E-state index in [1.165, 1.54) is 45.1 Å². The largest absolute Gasteiger partial charge is 0.379 e. The summed E-state index contributed by atoms with van der Waals surface area (Å²) in [6.07, 6.45) is 8.18. The van der Waals surface area contributed by atoms with Crippen LogP contribution in [0, 0.1) is 0 Å². The predicted molar refractivity (Wildman–Crippen MR) is 73.8 cm³/mol. The molecule has 0 bridgehead atoms. The molecule has 0 aromatic carbocycles. The molecule has 2 aliphatic heterocycles. The van der Waals surface area contributed by atoms with Crippen molar-refractivity contribution in [2.45, 2.75) is 69.5 Å². The second kappa shape index (κ2) is 4.77. The molecule has 18 heavy (non-hydrogen) atoms. The number of nitrogens with zero attached hydrogens (tertiary/aromatic N) is 1. The Balaban J connectivity index is 1.76.